The molecule has 1 aromatic carbocycles. The van der Waals surface area contributed by atoms with E-state index in [2.05, 4.69) is 0 Å². The van der Waals surface area contributed by atoms with Crippen LogP contribution < -0.4 is 4.74 Å². The molecule has 0 aliphatic carbocycles. The Morgan fingerprint density at radius 1 is 1.33 bits per heavy atom. The average Bonchev–Trinajstić information content (AvgIpc) is 2.45. The van der Waals surface area contributed by atoms with Crippen LogP contribution in [0.2, 0.25) is 0 Å². The number of carbonyl (C=O) groups excluding carboxylic acids is 1. The third kappa shape index (κ3) is 4.59. The van der Waals surface area contributed by atoms with Crippen molar-refractivity contribution < 1.29 is 19.2 Å². The highest BCUT2D eigenvalue weighted by Crippen LogP contribution is 2.27. The van der Waals surface area contributed by atoms with Crippen LogP contribution in [-0.2, 0) is 4.74 Å². The van der Waals surface area contributed by atoms with Crippen LogP contribution in [0.3, 0.4) is 0 Å². The molecule has 7 heteroatoms. The summed E-state index contributed by atoms with van der Waals surface area (Å²) in [5.41, 5.74) is 0.00960. The van der Waals surface area contributed by atoms with Crippen LogP contribution in [-0.4, -0.2) is 34.3 Å². The van der Waals surface area contributed by atoms with Gasteiger partial charge in [0.1, 0.15) is 11.4 Å². The number of nitro benzene ring substituents is 1. The third-order valence-corrected chi connectivity index (χ3v) is 3.71. The predicted octanol–water partition coefficient (Wildman–Crippen LogP) is 4.03. The van der Waals surface area contributed by atoms with Gasteiger partial charge in [-0.05, 0) is 52.7 Å². The molecule has 0 bridgehead atoms. The van der Waals surface area contributed by atoms with Crippen LogP contribution in [0.4, 0.5) is 10.5 Å². The van der Waals surface area contributed by atoms with Crippen molar-refractivity contribution in [3.8, 4) is 5.75 Å². The molecule has 132 valence electrons. The van der Waals surface area contributed by atoms with E-state index in [9.17, 15) is 14.9 Å². The molecule has 1 heterocycles. The molecule has 0 saturated carbocycles. The summed E-state index contributed by atoms with van der Waals surface area (Å²) in [6.45, 7) is 7.71. The van der Waals surface area contributed by atoms with Crippen LogP contribution in [0.5, 0.6) is 5.75 Å². The number of nitro groups is 1. The number of amides is 1. The molecule has 1 atom stereocenters. The summed E-state index contributed by atoms with van der Waals surface area (Å²) in [7, 11) is 0. The summed E-state index contributed by atoms with van der Waals surface area (Å²) >= 11 is 0. The van der Waals surface area contributed by atoms with Crippen LogP contribution in [0.15, 0.2) is 18.2 Å². The van der Waals surface area contributed by atoms with Gasteiger partial charge in [0.2, 0.25) is 0 Å². The van der Waals surface area contributed by atoms with E-state index >= 15 is 0 Å². The molecule has 1 fully saturated rings. The second kappa shape index (κ2) is 7.07. The van der Waals surface area contributed by atoms with Crippen molar-refractivity contribution >= 4 is 11.8 Å². The summed E-state index contributed by atoms with van der Waals surface area (Å²) in [5, 5.41) is 10.9. The van der Waals surface area contributed by atoms with Gasteiger partial charge in [0.15, 0.2) is 6.23 Å². The first-order valence-electron chi connectivity index (χ1n) is 8.09. The number of piperidine rings is 1. The molecular weight excluding hydrogens is 312 g/mol. The van der Waals surface area contributed by atoms with E-state index in [-0.39, 0.29) is 5.69 Å². The first kappa shape index (κ1) is 18.0. The number of ether oxygens (including phenoxy) is 2. The van der Waals surface area contributed by atoms with E-state index in [1.54, 1.807) is 24.0 Å². The highest BCUT2D eigenvalue weighted by molar-refractivity contribution is 5.68. The van der Waals surface area contributed by atoms with Gasteiger partial charge < -0.3 is 9.47 Å². The normalized spacial score (nSPS) is 18.2. The summed E-state index contributed by atoms with van der Waals surface area (Å²) in [5.74, 6) is 0.513. The zero-order valence-corrected chi connectivity index (χ0v) is 14.6. The van der Waals surface area contributed by atoms with Crippen LogP contribution in [0, 0.1) is 17.0 Å². The van der Waals surface area contributed by atoms with Gasteiger partial charge in [-0.25, -0.2) is 4.79 Å². The molecular formula is C17H24N2O5. The fourth-order valence-corrected chi connectivity index (χ4v) is 2.62. The number of carbonyl (C=O) groups is 1. The minimum absolute atomic E-state index is 0.0509. The fourth-order valence-electron chi connectivity index (χ4n) is 2.62. The average molecular weight is 336 g/mol. The molecule has 0 spiro atoms. The van der Waals surface area contributed by atoms with Crippen LogP contribution in [0.1, 0.15) is 45.6 Å². The van der Waals surface area contributed by atoms with Crippen molar-refractivity contribution in [2.45, 2.75) is 58.8 Å². The highest BCUT2D eigenvalue weighted by atomic mass is 16.6. The zero-order valence-electron chi connectivity index (χ0n) is 14.6. The van der Waals surface area contributed by atoms with Gasteiger partial charge >= 0.3 is 6.09 Å². The lowest BCUT2D eigenvalue weighted by Gasteiger charge is -2.36. The van der Waals surface area contributed by atoms with Gasteiger partial charge in [0.25, 0.3) is 5.69 Å². The SMILES string of the molecule is Cc1cc(OC2CCCCN2C(=O)OC(C)(C)C)ccc1[N+](=O)[O-]. The van der Waals surface area contributed by atoms with Gasteiger partial charge in [-0.2, -0.15) is 0 Å². The lowest BCUT2D eigenvalue weighted by atomic mass is 10.1. The van der Waals surface area contributed by atoms with E-state index in [0.29, 0.717) is 24.3 Å². The van der Waals surface area contributed by atoms with E-state index < -0.39 is 22.8 Å². The lowest BCUT2D eigenvalue weighted by Crippen LogP contribution is -2.48. The molecule has 1 aliphatic heterocycles. The molecule has 0 N–H and O–H groups in total. The topological polar surface area (TPSA) is 81.9 Å². The molecule has 0 radical (unpaired) electrons. The molecule has 1 unspecified atom stereocenters. The molecule has 2 rings (SSSR count). The first-order valence-corrected chi connectivity index (χ1v) is 8.09. The van der Waals surface area contributed by atoms with E-state index in [4.69, 9.17) is 9.47 Å². The van der Waals surface area contributed by atoms with E-state index in [1.165, 1.54) is 6.07 Å². The minimum atomic E-state index is -0.566. The Bertz CT molecular complexity index is 624. The van der Waals surface area contributed by atoms with Gasteiger partial charge in [0.05, 0.1) is 4.92 Å². The quantitative estimate of drug-likeness (QED) is 0.615. The van der Waals surface area contributed by atoms with Crippen molar-refractivity contribution in [3.63, 3.8) is 0 Å². The Hall–Kier alpha value is -2.31. The van der Waals surface area contributed by atoms with Crippen molar-refractivity contribution in [2.75, 3.05) is 6.54 Å². The van der Waals surface area contributed by atoms with Crippen molar-refractivity contribution in [2.24, 2.45) is 0 Å². The Kier molecular flexibility index (Phi) is 5.31. The number of hydrogen-bond donors (Lipinski definition) is 0. The van der Waals surface area contributed by atoms with Crippen molar-refractivity contribution in [1.29, 1.82) is 0 Å². The second-order valence-electron chi connectivity index (χ2n) is 6.95. The van der Waals surface area contributed by atoms with E-state index in [1.807, 2.05) is 20.8 Å². The molecule has 1 amide bonds. The Labute approximate surface area is 141 Å². The fraction of sp³-hybridized carbons (Fsp3) is 0.588. The highest BCUT2D eigenvalue weighted by Gasteiger charge is 2.32. The van der Waals surface area contributed by atoms with Gasteiger partial charge in [0, 0.05) is 24.6 Å². The third-order valence-electron chi connectivity index (χ3n) is 3.71. The Morgan fingerprint density at radius 3 is 2.62 bits per heavy atom. The molecule has 1 aliphatic rings. The number of rotatable bonds is 3. The van der Waals surface area contributed by atoms with Gasteiger partial charge in [-0.15, -0.1) is 0 Å². The number of hydrogen-bond acceptors (Lipinski definition) is 5. The maximum absolute atomic E-state index is 12.4. The van der Waals surface area contributed by atoms with Crippen LogP contribution in [0.25, 0.3) is 0 Å². The number of benzene rings is 1. The van der Waals surface area contributed by atoms with Crippen molar-refractivity contribution in [1.82, 2.24) is 4.90 Å². The molecule has 1 aromatic rings. The predicted molar refractivity (Wildman–Crippen MR) is 89.0 cm³/mol. The lowest BCUT2D eigenvalue weighted by molar-refractivity contribution is -0.385. The van der Waals surface area contributed by atoms with Gasteiger partial charge in [-0.3, -0.25) is 15.0 Å². The van der Waals surface area contributed by atoms with Crippen LogP contribution >= 0.6 is 0 Å². The molecule has 1 saturated heterocycles. The van der Waals surface area contributed by atoms with Crippen molar-refractivity contribution in [3.05, 3.63) is 33.9 Å². The smallest absolute Gasteiger partial charge is 0.413 e. The summed E-state index contributed by atoms with van der Waals surface area (Å²) in [4.78, 5) is 24.4. The standard InChI is InChI=1S/C17H24N2O5/c1-12-11-13(8-9-14(12)19(21)22)23-15-7-5-6-10-18(15)16(20)24-17(2,3)4/h8-9,11,15H,5-7,10H2,1-4H3. The Morgan fingerprint density at radius 2 is 2.04 bits per heavy atom. The largest absolute Gasteiger partial charge is 0.470 e. The Balaban J connectivity index is 2.12. The second-order valence-corrected chi connectivity index (χ2v) is 6.95. The number of likely N-dealkylation sites (tertiary alicyclic amines) is 1. The molecule has 24 heavy (non-hydrogen) atoms. The molecule has 7 nitrogen and oxygen atoms in total. The van der Waals surface area contributed by atoms with E-state index in [0.717, 1.165) is 12.8 Å². The monoisotopic (exact) mass is 336 g/mol. The first-order chi connectivity index (χ1) is 11.2. The maximum atomic E-state index is 12.4. The summed E-state index contributed by atoms with van der Waals surface area (Å²) in [6, 6.07) is 4.61. The number of aryl methyl sites for hydroxylation is 1. The maximum Gasteiger partial charge on any atom is 0.413 e. The summed E-state index contributed by atoms with van der Waals surface area (Å²) < 4.78 is 11.4. The molecule has 0 aromatic heterocycles. The number of nitrogens with zero attached hydrogens (tertiary/aromatic N) is 2. The summed E-state index contributed by atoms with van der Waals surface area (Å²) in [6.07, 6.45) is 1.74. The van der Waals surface area contributed by atoms with Gasteiger partial charge in [-0.1, -0.05) is 0 Å². The zero-order chi connectivity index (χ0) is 17.9. The minimum Gasteiger partial charge on any atom is -0.470 e.